The number of benzene rings is 1. The number of amides is 2. The summed E-state index contributed by atoms with van der Waals surface area (Å²) in [5, 5.41) is 0. The average Bonchev–Trinajstić information content (AvgIpc) is 3.15. The van der Waals surface area contributed by atoms with E-state index in [4.69, 9.17) is 9.47 Å². The summed E-state index contributed by atoms with van der Waals surface area (Å²) in [7, 11) is 1.62. The van der Waals surface area contributed by atoms with Crippen LogP contribution in [0.4, 0.5) is 0 Å². The van der Waals surface area contributed by atoms with Crippen molar-refractivity contribution in [2.75, 3.05) is 39.9 Å². The molecule has 2 amide bonds. The standard InChI is InChI=1S/C24H32N2O5/c1-4-12-26-17-19(15-21(26)27)22(28)25-13-10-24(11-14-25,23(29)31-5-2)16-18-6-8-20(30-3)9-7-18/h4,6-9,19H,1,5,10-17H2,2-3H3. The lowest BCUT2D eigenvalue weighted by atomic mass is 9.73. The summed E-state index contributed by atoms with van der Waals surface area (Å²) in [6.07, 6.45) is 3.57. The maximum Gasteiger partial charge on any atom is 0.312 e. The van der Waals surface area contributed by atoms with Crippen molar-refractivity contribution in [1.29, 1.82) is 0 Å². The van der Waals surface area contributed by atoms with Crippen LogP contribution in [0.3, 0.4) is 0 Å². The van der Waals surface area contributed by atoms with Crippen molar-refractivity contribution in [3.63, 3.8) is 0 Å². The molecular weight excluding hydrogens is 396 g/mol. The first-order chi connectivity index (χ1) is 14.9. The fourth-order valence-electron chi connectivity index (χ4n) is 4.55. The number of carbonyl (C=O) groups excluding carboxylic acids is 3. The van der Waals surface area contributed by atoms with E-state index in [-0.39, 0.29) is 30.1 Å². The third kappa shape index (κ3) is 5.09. The smallest absolute Gasteiger partial charge is 0.312 e. The number of hydrogen-bond acceptors (Lipinski definition) is 5. The Morgan fingerprint density at radius 1 is 1.23 bits per heavy atom. The number of likely N-dealkylation sites (tertiary alicyclic amines) is 2. The molecule has 1 aromatic carbocycles. The predicted octanol–water partition coefficient (Wildman–Crippen LogP) is 2.44. The summed E-state index contributed by atoms with van der Waals surface area (Å²) < 4.78 is 10.6. The van der Waals surface area contributed by atoms with Gasteiger partial charge in [0.05, 0.1) is 25.0 Å². The maximum atomic E-state index is 13.0. The predicted molar refractivity (Wildman–Crippen MR) is 116 cm³/mol. The van der Waals surface area contributed by atoms with Crippen LogP contribution in [0.25, 0.3) is 0 Å². The second kappa shape index (κ2) is 9.98. The number of esters is 1. The Morgan fingerprint density at radius 2 is 1.90 bits per heavy atom. The molecule has 168 valence electrons. The Bertz CT molecular complexity index is 812. The fraction of sp³-hybridized carbons (Fsp3) is 0.542. The molecule has 2 aliphatic rings. The van der Waals surface area contributed by atoms with Crippen LogP contribution < -0.4 is 4.74 Å². The Kier molecular flexibility index (Phi) is 7.36. The first-order valence-corrected chi connectivity index (χ1v) is 10.9. The van der Waals surface area contributed by atoms with Crippen molar-refractivity contribution in [3.05, 3.63) is 42.5 Å². The minimum absolute atomic E-state index is 0.00168. The molecule has 31 heavy (non-hydrogen) atoms. The van der Waals surface area contributed by atoms with Gasteiger partial charge in [0.15, 0.2) is 0 Å². The molecule has 0 radical (unpaired) electrons. The van der Waals surface area contributed by atoms with E-state index < -0.39 is 5.41 Å². The van der Waals surface area contributed by atoms with Crippen molar-refractivity contribution in [3.8, 4) is 5.75 Å². The lowest BCUT2D eigenvalue weighted by Gasteiger charge is -2.40. The third-order valence-corrected chi connectivity index (χ3v) is 6.36. The molecule has 0 spiro atoms. The molecule has 3 rings (SSSR count). The Morgan fingerprint density at radius 3 is 2.48 bits per heavy atom. The number of ether oxygens (including phenoxy) is 2. The van der Waals surface area contributed by atoms with Crippen molar-refractivity contribution in [2.45, 2.75) is 32.6 Å². The zero-order valence-corrected chi connectivity index (χ0v) is 18.5. The molecule has 7 nitrogen and oxygen atoms in total. The second-order valence-electron chi connectivity index (χ2n) is 8.34. The van der Waals surface area contributed by atoms with Crippen LogP contribution in [0.2, 0.25) is 0 Å². The molecule has 0 aliphatic carbocycles. The van der Waals surface area contributed by atoms with Gasteiger partial charge >= 0.3 is 5.97 Å². The summed E-state index contributed by atoms with van der Waals surface area (Å²) >= 11 is 0. The van der Waals surface area contributed by atoms with Gasteiger partial charge in [-0.15, -0.1) is 6.58 Å². The van der Waals surface area contributed by atoms with E-state index in [0.29, 0.717) is 52.0 Å². The van der Waals surface area contributed by atoms with Crippen molar-refractivity contribution in [2.24, 2.45) is 11.3 Å². The number of piperidine rings is 1. The van der Waals surface area contributed by atoms with Gasteiger partial charge in [0.2, 0.25) is 11.8 Å². The molecule has 2 fully saturated rings. The van der Waals surface area contributed by atoms with E-state index in [1.54, 1.807) is 23.0 Å². The second-order valence-corrected chi connectivity index (χ2v) is 8.34. The molecule has 2 aliphatic heterocycles. The number of carbonyl (C=O) groups is 3. The largest absolute Gasteiger partial charge is 0.497 e. The first-order valence-electron chi connectivity index (χ1n) is 10.9. The van der Waals surface area contributed by atoms with Crippen LogP contribution in [0, 0.1) is 11.3 Å². The van der Waals surface area contributed by atoms with Gasteiger partial charge < -0.3 is 19.3 Å². The molecular formula is C24H32N2O5. The highest BCUT2D eigenvalue weighted by Crippen LogP contribution is 2.38. The summed E-state index contributed by atoms with van der Waals surface area (Å²) in [4.78, 5) is 41.5. The highest BCUT2D eigenvalue weighted by Gasteiger charge is 2.45. The topological polar surface area (TPSA) is 76.2 Å². The minimum Gasteiger partial charge on any atom is -0.497 e. The molecule has 1 atom stereocenters. The summed E-state index contributed by atoms with van der Waals surface area (Å²) in [5.41, 5.74) is 0.386. The fourth-order valence-corrected chi connectivity index (χ4v) is 4.55. The molecule has 2 heterocycles. The number of methoxy groups -OCH3 is 1. The van der Waals surface area contributed by atoms with Crippen molar-refractivity contribution < 1.29 is 23.9 Å². The SMILES string of the molecule is C=CCN1CC(C(=O)N2CCC(Cc3ccc(OC)cc3)(C(=O)OCC)CC2)CC1=O. The zero-order valence-electron chi connectivity index (χ0n) is 18.5. The van der Waals surface area contributed by atoms with Gasteiger partial charge in [0.25, 0.3) is 0 Å². The lowest BCUT2D eigenvalue weighted by molar-refractivity contribution is -0.160. The first kappa shape index (κ1) is 22.8. The number of nitrogens with zero attached hydrogens (tertiary/aromatic N) is 2. The van der Waals surface area contributed by atoms with Crippen LogP contribution in [0.1, 0.15) is 31.7 Å². The summed E-state index contributed by atoms with van der Waals surface area (Å²) in [6, 6.07) is 7.71. The van der Waals surface area contributed by atoms with E-state index in [1.807, 2.05) is 31.2 Å². The molecule has 2 saturated heterocycles. The molecule has 0 bridgehead atoms. The normalized spacial score (nSPS) is 20.5. The van der Waals surface area contributed by atoms with Crippen molar-refractivity contribution >= 4 is 17.8 Å². The molecule has 0 N–H and O–H groups in total. The van der Waals surface area contributed by atoms with Gasteiger partial charge in [-0.2, -0.15) is 0 Å². The summed E-state index contributed by atoms with van der Waals surface area (Å²) in [6.45, 7) is 7.69. The van der Waals surface area contributed by atoms with Crippen LogP contribution in [0.15, 0.2) is 36.9 Å². The Hall–Kier alpha value is -2.83. The lowest BCUT2D eigenvalue weighted by Crippen LogP contribution is -2.49. The quantitative estimate of drug-likeness (QED) is 0.470. The van der Waals surface area contributed by atoms with Crippen LogP contribution in [-0.2, 0) is 25.5 Å². The van der Waals surface area contributed by atoms with Gasteiger partial charge in [0.1, 0.15) is 5.75 Å². The van der Waals surface area contributed by atoms with E-state index in [9.17, 15) is 14.4 Å². The van der Waals surface area contributed by atoms with Crippen LogP contribution in [0.5, 0.6) is 5.75 Å². The van der Waals surface area contributed by atoms with Gasteiger partial charge in [-0.1, -0.05) is 18.2 Å². The molecule has 0 aromatic heterocycles. The molecule has 0 saturated carbocycles. The molecule has 1 unspecified atom stereocenters. The van der Waals surface area contributed by atoms with Gasteiger partial charge in [-0.05, 0) is 43.9 Å². The summed E-state index contributed by atoms with van der Waals surface area (Å²) in [5.74, 6) is 0.249. The van der Waals surface area contributed by atoms with Gasteiger partial charge in [-0.25, -0.2) is 0 Å². The van der Waals surface area contributed by atoms with Gasteiger partial charge in [-0.3, -0.25) is 14.4 Å². The Labute approximate surface area is 184 Å². The van der Waals surface area contributed by atoms with Crippen molar-refractivity contribution in [1.82, 2.24) is 9.80 Å². The Balaban J connectivity index is 1.67. The average molecular weight is 429 g/mol. The zero-order chi connectivity index (χ0) is 22.4. The minimum atomic E-state index is -0.651. The van der Waals surface area contributed by atoms with E-state index in [0.717, 1.165) is 11.3 Å². The highest BCUT2D eigenvalue weighted by molar-refractivity contribution is 5.89. The number of rotatable bonds is 8. The highest BCUT2D eigenvalue weighted by atomic mass is 16.5. The number of hydrogen-bond donors (Lipinski definition) is 0. The third-order valence-electron chi connectivity index (χ3n) is 6.36. The van der Waals surface area contributed by atoms with Crippen LogP contribution in [-0.4, -0.2) is 67.5 Å². The molecule has 1 aromatic rings. The van der Waals surface area contributed by atoms with Gasteiger partial charge in [0, 0.05) is 32.6 Å². The van der Waals surface area contributed by atoms with E-state index >= 15 is 0 Å². The molecule has 7 heteroatoms. The van der Waals surface area contributed by atoms with E-state index in [1.165, 1.54) is 0 Å². The van der Waals surface area contributed by atoms with E-state index in [2.05, 4.69) is 6.58 Å². The van der Waals surface area contributed by atoms with Crippen LogP contribution >= 0.6 is 0 Å². The monoisotopic (exact) mass is 428 g/mol. The maximum absolute atomic E-state index is 13.0.